The molecular weight excluding hydrogens is 275 g/mol. The van der Waals surface area contributed by atoms with Crippen molar-refractivity contribution in [1.29, 1.82) is 0 Å². The van der Waals surface area contributed by atoms with Crippen LogP contribution in [0.2, 0.25) is 0 Å². The molecule has 0 saturated carbocycles. The largest absolute Gasteiger partial charge is 0.279 e. The molecule has 3 heteroatoms. The van der Waals surface area contributed by atoms with Gasteiger partial charge in [0.05, 0.1) is 42.7 Å². The van der Waals surface area contributed by atoms with E-state index in [2.05, 4.69) is 75.3 Å². The van der Waals surface area contributed by atoms with Crippen LogP contribution in [0, 0.1) is 11.3 Å². The average molecular weight is 299 g/mol. The Morgan fingerprint density at radius 2 is 1.81 bits per heavy atom. The first-order chi connectivity index (χ1) is 9.80. The van der Waals surface area contributed by atoms with Crippen LogP contribution in [0.1, 0.15) is 19.5 Å². The molecule has 2 atom stereocenters. The molecule has 0 spiro atoms. The fraction of sp³-hybridized carbons (Fsp3) is 0.444. The number of hydrogen-bond donors (Lipinski definition) is 0. The first-order valence-electron chi connectivity index (χ1n) is 7.52. The topological polar surface area (TPSA) is 25.2 Å². The molecule has 1 aliphatic carbocycles. The van der Waals surface area contributed by atoms with Crippen molar-refractivity contribution < 1.29 is 0 Å². The predicted molar refractivity (Wildman–Crippen MR) is 94.4 cm³/mol. The molecular formula is C18H24N2P+. The van der Waals surface area contributed by atoms with Gasteiger partial charge in [-0.05, 0) is 6.07 Å². The number of nitrogens with zero attached hydrogens (tertiary/aromatic N) is 2. The number of hydrogen-bond acceptors (Lipinski definition) is 2. The van der Waals surface area contributed by atoms with Crippen LogP contribution in [-0.4, -0.2) is 36.7 Å². The number of allylic oxidation sites excluding steroid dienone is 2. The van der Waals surface area contributed by atoms with Crippen LogP contribution < -0.4 is 5.30 Å². The predicted octanol–water partition coefficient (Wildman–Crippen LogP) is 3.55. The Morgan fingerprint density at radius 1 is 1.10 bits per heavy atom. The quantitative estimate of drug-likeness (QED) is 0.767. The maximum atomic E-state index is 4.98. The van der Waals surface area contributed by atoms with Crippen LogP contribution in [-0.2, 0) is 0 Å². The summed E-state index contributed by atoms with van der Waals surface area (Å²) in [5.41, 5.74) is 2.25. The van der Waals surface area contributed by atoms with Crippen molar-refractivity contribution in [3.63, 3.8) is 0 Å². The Morgan fingerprint density at radius 3 is 2.48 bits per heavy atom. The number of pyridine rings is 1. The highest BCUT2D eigenvalue weighted by Crippen LogP contribution is 2.46. The molecule has 0 N–H and O–H groups in total. The van der Waals surface area contributed by atoms with Gasteiger partial charge in [0, 0.05) is 30.9 Å². The third-order valence-corrected chi connectivity index (χ3v) is 6.42. The number of aliphatic imine (C=N–C) groups is 1. The van der Waals surface area contributed by atoms with Crippen molar-refractivity contribution in [3.8, 4) is 0 Å². The molecule has 21 heavy (non-hydrogen) atoms. The van der Waals surface area contributed by atoms with Crippen LogP contribution in [0.5, 0.6) is 0 Å². The van der Waals surface area contributed by atoms with Gasteiger partial charge in [0.2, 0.25) is 0 Å². The highest BCUT2D eigenvalue weighted by molar-refractivity contribution is 7.80. The number of rotatable bonds is 2. The summed E-state index contributed by atoms with van der Waals surface area (Å²) in [6.45, 7) is 11.6. The Balaban J connectivity index is 2.05. The molecule has 2 unspecified atom stereocenters. The minimum atomic E-state index is -1.03. The summed E-state index contributed by atoms with van der Waals surface area (Å²) in [5, 5.41) is 1.42. The summed E-state index contributed by atoms with van der Waals surface area (Å²) in [5.74, 6) is 0.451. The third-order valence-electron chi connectivity index (χ3n) is 4.59. The van der Waals surface area contributed by atoms with Gasteiger partial charge in [0.25, 0.3) is 0 Å². The second-order valence-corrected chi connectivity index (χ2v) is 11.9. The highest BCUT2D eigenvalue weighted by atomic mass is 31.2. The fourth-order valence-electron chi connectivity index (χ4n) is 3.22. The van der Waals surface area contributed by atoms with E-state index >= 15 is 0 Å². The molecule has 0 fully saturated rings. The first-order valence-corrected chi connectivity index (χ1v) is 10.6. The van der Waals surface area contributed by atoms with E-state index in [1.165, 1.54) is 5.30 Å². The molecule has 0 aromatic carbocycles. The van der Waals surface area contributed by atoms with Crippen molar-refractivity contribution in [2.75, 3.05) is 20.0 Å². The number of aromatic nitrogens is 1. The minimum Gasteiger partial charge on any atom is -0.279 e. The second kappa shape index (κ2) is 4.88. The van der Waals surface area contributed by atoms with E-state index in [0.717, 1.165) is 11.4 Å². The molecule has 0 amide bonds. The van der Waals surface area contributed by atoms with E-state index in [4.69, 9.17) is 4.99 Å². The minimum absolute atomic E-state index is 0.0356. The molecule has 0 radical (unpaired) electrons. The molecule has 2 aliphatic rings. The van der Waals surface area contributed by atoms with Gasteiger partial charge in [0.15, 0.2) is 0 Å². The van der Waals surface area contributed by atoms with Gasteiger partial charge in [-0.3, -0.25) is 9.98 Å². The monoisotopic (exact) mass is 299 g/mol. The van der Waals surface area contributed by atoms with Gasteiger partial charge < -0.3 is 0 Å². The molecule has 2 nitrogen and oxygen atoms in total. The van der Waals surface area contributed by atoms with Crippen LogP contribution in [0.15, 0.2) is 47.6 Å². The van der Waals surface area contributed by atoms with E-state index < -0.39 is 7.26 Å². The second-order valence-electron chi connectivity index (χ2n) is 7.40. The molecule has 2 heterocycles. The zero-order valence-electron chi connectivity index (χ0n) is 13.5. The maximum absolute atomic E-state index is 4.98. The Kier molecular flexibility index (Phi) is 3.41. The lowest BCUT2D eigenvalue weighted by Gasteiger charge is -2.29. The lowest BCUT2D eigenvalue weighted by Crippen LogP contribution is -2.32. The summed E-state index contributed by atoms with van der Waals surface area (Å²) >= 11 is 0. The average Bonchev–Trinajstić information content (AvgIpc) is 2.70. The maximum Gasteiger partial charge on any atom is 0.0968 e. The Labute approximate surface area is 128 Å². The third kappa shape index (κ3) is 2.51. The van der Waals surface area contributed by atoms with Crippen molar-refractivity contribution in [3.05, 3.63) is 48.3 Å². The Bertz CT molecular complexity index is 647. The van der Waals surface area contributed by atoms with E-state index in [0.29, 0.717) is 5.92 Å². The van der Waals surface area contributed by atoms with Crippen molar-refractivity contribution in [2.24, 2.45) is 16.3 Å². The molecule has 110 valence electrons. The van der Waals surface area contributed by atoms with Crippen LogP contribution in [0.3, 0.4) is 0 Å². The van der Waals surface area contributed by atoms with Crippen LogP contribution >= 0.6 is 7.26 Å². The van der Waals surface area contributed by atoms with E-state index in [-0.39, 0.29) is 11.5 Å². The molecule has 1 aromatic heterocycles. The zero-order chi connectivity index (χ0) is 15.3. The lowest BCUT2D eigenvalue weighted by atomic mass is 9.72. The molecule has 1 aliphatic heterocycles. The van der Waals surface area contributed by atoms with E-state index in [1.54, 1.807) is 0 Å². The Hall–Kier alpha value is -1.27. The summed E-state index contributed by atoms with van der Waals surface area (Å²) in [4.78, 5) is 9.61. The van der Waals surface area contributed by atoms with Crippen molar-refractivity contribution in [1.82, 2.24) is 4.98 Å². The normalized spacial score (nSPS) is 26.6. The molecule has 0 saturated heterocycles. The van der Waals surface area contributed by atoms with E-state index in [1.807, 2.05) is 6.20 Å². The summed E-state index contributed by atoms with van der Waals surface area (Å²) in [6, 6.07) is 4.70. The molecule has 3 rings (SSSR count). The van der Waals surface area contributed by atoms with Gasteiger partial charge in [-0.25, -0.2) is 0 Å². The molecule has 0 bridgehead atoms. The van der Waals surface area contributed by atoms with Gasteiger partial charge in [-0.2, -0.15) is 0 Å². The van der Waals surface area contributed by atoms with Gasteiger partial charge >= 0.3 is 0 Å². The summed E-state index contributed by atoms with van der Waals surface area (Å²) in [6.07, 6.45) is 10.7. The van der Waals surface area contributed by atoms with Crippen molar-refractivity contribution in [2.45, 2.75) is 19.9 Å². The lowest BCUT2D eigenvalue weighted by molar-refractivity contribution is 0.381. The zero-order valence-corrected chi connectivity index (χ0v) is 14.4. The van der Waals surface area contributed by atoms with E-state index in [9.17, 15) is 0 Å². The summed E-state index contributed by atoms with van der Waals surface area (Å²) < 4.78 is 0. The smallest absolute Gasteiger partial charge is 0.0968 e. The van der Waals surface area contributed by atoms with Crippen LogP contribution in [0.4, 0.5) is 0 Å². The number of fused-ring (bicyclic) bond motifs is 1. The van der Waals surface area contributed by atoms with Gasteiger partial charge in [-0.1, -0.05) is 38.2 Å². The van der Waals surface area contributed by atoms with Crippen LogP contribution in [0.25, 0.3) is 0 Å². The fourth-order valence-corrected chi connectivity index (χ4v) is 4.25. The van der Waals surface area contributed by atoms with Gasteiger partial charge in [-0.15, -0.1) is 0 Å². The highest BCUT2D eigenvalue weighted by Gasteiger charge is 2.44. The van der Waals surface area contributed by atoms with Crippen molar-refractivity contribution >= 4 is 18.3 Å². The first kappa shape index (κ1) is 14.7. The SMILES string of the molecule is CC1(C)C(c2cc([P+](C)(C)C)ccn2)=NC2C=CC=CC21. The summed E-state index contributed by atoms with van der Waals surface area (Å²) in [7, 11) is -1.03. The van der Waals surface area contributed by atoms with Gasteiger partial charge in [0.1, 0.15) is 0 Å². The molecule has 1 aromatic rings. The standard InChI is InChI=1S/C18H24N2P/c1-18(2)14-8-6-7-9-15(14)20-17(18)16-12-13(10-11-19-16)21(3,4)5/h6-12,14-15H,1-5H3/q+1.